The summed E-state index contributed by atoms with van der Waals surface area (Å²) in [6, 6.07) is 0.123. The predicted molar refractivity (Wildman–Crippen MR) is 83.5 cm³/mol. The van der Waals surface area contributed by atoms with Crippen LogP contribution in [0.2, 0.25) is 0 Å². The molecule has 5 nitrogen and oxygen atoms in total. The molecule has 2 aliphatic rings. The van der Waals surface area contributed by atoms with Crippen molar-refractivity contribution >= 4 is 11.9 Å². The summed E-state index contributed by atoms with van der Waals surface area (Å²) in [5, 5.41) is 12.4. The van der Waals surface area contributed by atoms with Crippen molar-refractivity contribution in [2.75, 3.05) is 6.61 Å². The number of hydrogen-bond acceptors (Lipinski definition) is 3. The van der Waals surface area contributed by atoms with E-state index in [0.29, 0.717) is 25.4 Å². The van der Waals surface area contributed by atoms with E-state index in [0.717, 1.165) is 32.1 Å². The molecule has 0 spiro atoms. The smallest absolute Gasteiger partial charge is 0.310 e. The first kappa shape index (κ1) is 17.3. The Morgan fingerprint density at radius 2 is 2.00 bits per heavy atom. The lowest BCUT2D eigenvalue weighted by Crippen LogP contribution is -2.47. The quantitative estimate of drug-likeness (QED) is 0.758. The molecule has 1 saturated carbocycles. The summed E-state index contributed by atoms with van der Waals surface area (Å²) >= 11 is 0. The molecule has 1 amide bonds. The minimum Gasteiger partial charge on any atom is -0.481 e. The Morgan fingerprint density at radius 1 is 1.32 bits per heavy atom. The van der Waals surface area contributed by atoms with Crippen LogP contribution in [0, 0.1) is 11.3 Å². The molecule has 2 fully saturated rings. The van der Waals surface area contributed by atoms with Crippen LogP contribution in [-0.2, 0) is 14.3 Å². The van der Waals surface area contributed by atoms with Gasteiger partial charge in [0.25, 0.3) is 0 Å². The van der Waals surface area contributed by atoms with Crippen molar-refractivity contribution in [2.45, 2.75) is 77.4 Å². The Bertz CT molecular complexity index is 401. The van der Waals surface area contributed by atoms with Crippen molar-refractivity contribution in [1.29, 1.82) is 0 Å². The molecule has 2 atom stereocenters. The molecule has 22 heavy (non-hydrogen) atoms. The number of amides is 1. The molecule has 1 saturated heterocycles. The van der Waals surface area contributed by atoms with Crippen LogP contribution in [0.3, 0.4) is 0 Å². The average Bonchev–Trinajstić information content (AvgIpc) is 2.44. The van der Waals surface area contributed by atoms with Crippen molar-refractivity contribution < 1.29 is 19.4 Å². The van der Waals surface area contributed by atoms with E-state index < -0.39 is 11.4 Å². The minimum atomic E-state index is -0.823. The van der Waals surface area contributed by atoms with E-state index in [1.54, 1.807) is 0 Å². The second-order valence-electron chi connectivity index (χ2n) is 6.89. The van der Waals surface area contributed by atoms with Crippen molar-refractivity contribution in [3.63, 3.8) is 0 Å². The molecule has 126 valence electrons. The number of carbonyl (C=O) groups excluding carboxylic acids is 1. The zero-order valence-corrected chi connectivity index (χ0v) is 13.8. The Balaban J connectivity index is 1.85. The fourth-order valence-electron chi connectivity index (χ4n) is 3.76. The van der Waals surface area contributed by atoms with Crippen LogP contribution in [-0.4, -0.2) is 35.7 Å². The first-order valence-corrected chi connectivity index (χ1v) is 8.65. The number of carboxylic acids is 1. The fraction of sp³-hybridized carbons (Fsp3) is 0.882. The molecule has 0 aromatic carbocycles. The standard InChI is InChI=1S/C17H29NO4/c1-3-12(4-2)14-10-13(6-9-22-14)18-15(19)11-17(16(20)21)7-5-8-17/h12-14H,3-11H2,1-2H3,(H,18,19)(H,20,21). The van der Waals surface area contributed by atoms with Crippen LogP contribution in [0.4, 0.5) is 0 Å². The molecule has 2 N–H and O–H groups in total. The Labute approximate surface area is 132 Å². The zero-order chi connectivity index (χ0) is 16.2. The van der Waals surface area contributed by atoms with E-state index in [9.17, 15) is 14.7 Å². The number of ether oxygens (including phenoxy) is 1. The van der Waals surface area contributed by atoms with Gasteiger partial charge in [0.15, 0.2) is 0 Å². The summed E-state index contributed by atoms with van der Waals surface area (Å²) in [7, 11) is 0. The van der Waals surface area contributed by atoms with Gasteiger partial charge >= 0.3 is 5.97 Å². The number of rotatable bonds is 7. The largest absolute Gasteiger partial charge is 0.481 e. The molecule has 1 aliphatic heterocycles. The van der Waals surface area contributed by atoms with E-state index >= 15 is 0 Å². The summed E-state index contributed by atoms with van der Waals surface area (Å²) in [5.41, 5.74) is -0.802. The van der Waals surface area contributed by atoms with Gasteiger partial charge in [-0.25, -0.2) is 0 Å². The van der Waals surface area contributed by atoms with Gasteiger partial charge in [-0.05, 0) is 31.6 Å². The van der Waals surface area contributed by atoms with Crippen molar-refractivity contribution in [2.24, 2.45) is 11.3 Å². The van der Waals surface area contributed by atoms with Gasteiger partial charge in [-0.3, -0.25) is 9.59 Å². The van der Waals surface area contributed by atoms with Crippen LogP contribution in [0.25, 0.3) is 0 Å². The third kappa shape index (κ3) is 3.80. The molecule has 2 rings (SSSR count). The first-order valence-electron chi connectivity index (χ1n) is 8.65. The monoisotopic (exact) mass is 311 g/mol. The minimum absolute atomic E-state index is 0.114. The number of hydrogen-bond donors (Lipinski definition) is 2. The van der Waals surface area contributed by atoms with Crippen molar-refractivity contribution in [1.82, 2.24) is 5.32 Å². The van der Waals surface area contributed by atoms with Gasteiger partial charge in [0.1, 0.15) is 0 Å². The fourth-order valence-corrected chi connectivity index (χ4v) is 3.76. The summed E-state index contributed by atoms with van der Waals surface area (Å²) in [4.78, 5) is 23.6. The second-order valence-corrected chi connectivity index (χ2v) is 6.89. The normalized spacial score (nSPS) is 27.2. The Morgan fingerprint density at radius 3 is 2.50 bits per heavy atom. The molecule has 0 bridgehead atoms. The van der Waals surface area contributed by atoms with Gasteiger partial charge < -0.3 is 15.2 Å². The summed E-state index contributed by atoms with van der Waals surface area (Å²) in [6.45, 7) is 5.02. The third-order valence-corrected chi connectivity index (χ3v) is 5.52. The van der Waals surface area contributed by atoms with E-state index in [-0.39, 0.29) is 24.5 Å². The number of nitrogens with one attached hydrogen (secondary N) is 1. The predicted octanol–water partition coefficient (Wildman–Crippen LogP) is 2.73. The molecular formula is C17H29NO4. The highest BCUT2D eigenvalue weighted by Crippen LogP contribution is 2.44. The van der Waals surface area contributed by atoms with Crippen LogP contribution in [0.1, 0.15) is 65.2 Å². The van der Waals surface area contributed by atoms with Crippen LogP contribution in [0.5, 0.6) is 0 Å². The second kappa shape index (κ2) is 7.44. The summed E-state index contributed by atoms with van der Waals surface area (Å²) < 4.78 is 5.86. The zero-order valence-electron chi connectivity index (χ0n) is 13.8. The highest BCUT2D eigenvalue weighted by atomic mass is 16.5. The lowest BCUT2D eigenvalue weighted by Gasteiger charge is -2.38. The molecule has 0 aromatic heterocycles. The van der Waals surface area contributed by atoms with Crippen molar-refractivity contribution in [3.8, 4) is 0 Å². The van der Waals surface area contributed by atoms with E-state index in [2.05, 4.69) is 19.2 Å². The number of carbonyl (C=O) groups is 2. The Hall–Kier alpha value is -1.10. The maximum atomic E-state index is 12.2. The summed E-state index contributed by atoms with van der Waals surface area (Å²) in [5.74, 6) is -0.398. The van der Waals surface area contributed by atoms with Gasteiger partial charge in [0.05, 0.1) is 11.5 Å². The molecule has 1 aliphatic carbocycles. The molecule has 5 heteroatoms. The molecule has 0 radical (unpaired) electrons. The Kier molecular flexibility index (Phi) is 5.84. The summed E-state index contributed by atoms with van der Waals surface area (Å²) in [6.07, 6.45) is 6.34. The maximum absolute atomic E-state index is 12.2. The van der Waals surface area contributed by atoms with Gasteiger partial charge in [0, 0.05) is 19.1 Å². The van der Waals surface area contributed by atoms with Gasteiger partial charge in [0.2, 0.25) is 5.91 Å². The first-order chi connectivity index (χ1) is 10.5. The molecule has 2 unspecified atom stereocenters. The molecule has 1 heterocycles. The molecular weight excluding hydrogens is 282 g/mol. The number of aliphatic carboxylic acids is 1. The SMILES string of the molecule is CCC(CC)C1CC(NC(=O)CC2(C(=O)O)CCC2)CCO1. The van der Waals surface area contributed by atoms with Gasteiger partial charge in [-0.1, -0.05) is 33.1 Å². The average molecular weight is 311 g/mol. The highest BCUT2D eigenvalue weighted by molar-refractivity contribution is 5.85. The number of carboxylic acid groups (broad SMARTS) is 1. The van der Waals surface area contributed by atoms with Crippen LogP contribution < -0.4 is 5.32 Å². The highest BCUT2D eigenvalue weighted by Gasteiger charge is 2.46. The lowest BCUT2D eigenvalue weighted by atomic mass is 9.66. The van der Waals surface area contributed by atoms with Crippen LogP contribution >= 0.6 is 0 Å². The van der Waals surface area contributed by atoms with E-state index in [4.69, 9.17) is 4.74 Å². The van der Waals surface area contributed by atoms with Gasteiger partial charge in [-0.2, -0.15) is 0 Å². The third-order valence-electron chi connectivity index (χ3n) is 5.52. The van der Waals surface area contributed by atoms with Crippen molar-refractivity contribution in [3.05, 3.63) is 0 Å². The van der Waals surface area contributed by atoms with E-state index in [1.165, 1.54) is 0 Å². The topological polar surface area (TPSA) is 75.6 Å². The maximum Gasteiger partial charge on any atom is 0.310 e. The lowest BCUT2D eigenvalue weighted by molar-refractivity contribution is -0.158. The van der Waals surface area contributed by atoms with Crippen LogP contribution in [0.15, 0.2) is 0 Å². The van der Waals surface area contributed by atoms with E-state index in [1.807, 2.05) is 0 Å². The molecule has 0 aromatic rings. The van der Waals surface area contributed by atoms with Gasteiger partial charge in [-0.15, -0.1) is 0 Å².